The van der Waals surface area contributed by atoms with Crippen LogP contribution in [0.15, 0.2) is 60.7 Å². The number of carbonyl (C=O) groups excluding carboxylic acids is 2. The van der Waals surface area contributed by atoms with Gasteiger partial charge in [-0.1, -0.05) is 67.6 Å². The van der Waals surface area contributed by atoms with E-state index in [-0.39, 0.29) is 18.2 Å². The number of amides is 1. The number of nitrogens with one attached hydrogen (secondary N) is 1. The molecule has 0 heterocycles. The second kappa shape index (κ2) is 9.38. The van der Waals surface area contributed by atoms with Crippen molar-refractivity contribution in [2.45, 2.75) is 25.3 Å². The summed E-state index contributed by atoms with van der Waals surface area (Å²) in [7, 11) is 1.27. The van der Waals surface area contributed by atoms with E-state index in [2.05, 4.69) is 5.32 Å². The van der Waals surface area contributed by atoms with Crippen molar-refractivity contribution in [1.82, 2.24) is 5.32 Å². The minimum absolute atomic E-state index is 0.140. The molecule has 2 aromatic rings. The lowest BCUT2D eigenvalue weighted by atomic mass is 9.89. The van der Waals surface area contributed by atoms with Crippen LogP contribution in [0.3, 0.4) is 0 Å². The summed E-state index contributed by atoms with van der Waals surface area (Å²) in [6.07, 6.45) is 0.140. The first-order valence-electron chi connectivity index (χ1n) is 8.43. The van der Waals surface area contributed by atoms with Gasteiger partial charge in [0.15, 0.2) is 0 Å². The fourth-order valence-electron chi connectivity index (χ4n) is 2.85. The zero-order valence-electron chi connectivity index (χ0n) is 14.9. The van der Waals surface area contributed by atoms with Crippen LogP contribution in [0.1, 0.15) is 30.4 Å². The molecule has 5 nitrogen and oxygen atoms in total. The first kappa shape index (κ1) is 19.2. The molecule has 0 saturated carbocycles. The number of ether oxygens (including phenoxy) is 1. The average molecular weight is 350 g/mol. The third kappa shape index (κ3) is 4.70. The summed E-state index contributed by atoms with van der Waals surface area (Å²) in [6, 6.07) is 19.9. The summed E-state index contributed by atoms with van der Waals surface area (Å²) in [5.74, 6) is -1.77. The molecule has 2 rings (SSSR count). The largest absolute Gasteiger partial charge is 0.467 e. The zero-order valence-corrected chi connectivity index (χ0v) is 14.9. The van der Waals surface area contributed by atoms with Gasteiger partial charge >= 0.3 is 5.97 Å². The van der Waals surface area contributed by atoms with E-state index in [1.807, 2.05) is 66.7 Å². The van der Waals surface area contributed by atoms with Crippen LogP contribution in [-0.2, 0) is 14.3 Å². The molecule has 0 aliphatic heterocycles. The molecule has 0 aliphatic carbocycles. The SMILES string of the molecule is COC(=O)[C@@H](NC(=O)C(c1ccccc1)c1ccccc1)[C@H](C)CC#N. The fraction of sp³-hybridized carbons (Fsp3) is 0.286. The topological polar surface area (TPSA) is 79.2 Å². The molecular formula is C21H22N2O3. The van der Waals surface area contributed by atoms with Crippen LogP contribution in [0.2, 0.25) is 0 Å². The monoisotopic (exact) mass is 350 g/mol. The minimum atomic E-state index is -0.873. The third-order valence-electron chi connectivity index (χ3n) is 4.26. The molecule has 0 saturated heterocycles. The van der Waals surface area contributed by atoms with Gasteiger partial charge < -0.3 is 10.1 Å². The minimum Gasteiger partial charge on any atom is -0.467 e. The number of benzene rings is 2. The highest BCUT2D eigenvalue weighted by Gasteiger charge is 2.31. The van der Waals surface area contributed by atoms with Gasteiger partial charge in [0.1, 0.15) is 6.04 Å². The van der Waals surface area contributed by atoms with E-state index in [1.165, 1.54) is 7.11 Å². The Morgan fingerprint density at radius 3 is 1.96 bits per heavy atom. The van der Waals surface area contributed by atoms with E-state index in [0.717, 1.165) is 11.1 Å². The van der Waals surface area contributed by atoms with E-state index in [4.69, 9.17) is 10.00 Å². The maximum atomic E-state index is 13.1. The maximum Gasteiger partial charge on any atom is 0.328 e. The van der Waals surface area contributed by atoms with Gasteiger partial charge in [0, 0.05) is 12.3 Å². The van der Waals surface area contributed by atoms with E-state index in [0.29, 0.717) is 0 Å². The molecule has 0 fully saturated rings. The van der Waals surface area contributed by atoms with E-state index in [9.17, 15) is 9.59 Å². The molecule has 1 amide bonds. The van der Waals surface area contributed by atoms with Crippen LogP contribution in [-0.4, -0.2) is 25.0 Å². The summed E-state index contributed by atoms with van der Waals surface area (Å²) in [4.78, 5) is 25.2. The second-order valence-corrected chi connectivity index (χ2v) is 6.10. The number of esters is 1. The Labute approximate surface area is 153 Å². The molecule has 0 unspecified atom stereocenters. The van der Waals surface area contributed by atoms with Crippen molar-refractivity contribution in [3.8, 4) is 6.07 Å². The summed E-state index contributed by atoms with van der Waals surface area (Å²) in [5, 5.41) is 11.7. The number of hydrogen-bond donors (Lipinski definition) is 1. The lowest BCUT2D eigenvalue weighted by Crippen LogP contribution is -2.47. The molecule has 0 aromatic heterocycles. The summed E-state index contributed by atoms with van der Waals surface area (Å²) < 4.78 is 4.81. The molecule has 2 atom stereocenters. The average Bonchev–Trinajstić information content (AvgIpc) is 2.67. The predicted molar refractivity (Wildman–Crippen MR) is 98.1 cm³/mol. The van der Waals surface area contributed by atoms with Crippen LogP contribution >= 0.6 is 0 Å². The Hall–Kier alpha value is -3.13. The molecular weight excluding hydrogens is 328 g/mol. The molecule has 2 aromatic carbocycles. The number of nitriles is 1. The molecule has 1 N–H and O–H groups in total. The van der Waals surface area contributed by atoms with Crippen molar-refractivity contribution in [3.05, 3.63) is 71.8 Å². The first-order valence-corrected chi connectivity index (χ1v) is 8.43. The Morgan fingerprint density at radius 1 is 1.04 bits per heavy atom. The van der Waals surface area contributed by atoms with Crippen molar-refractivity contribution in [2.24, 2.45) is 5.92 Å². The summed E-state index contributed by atoms with van der Waals surface area (Å²) in [6.45, 7) is 1.74. The number of methoxy groups -OCH3 is 1. The molecule has 0 radical (unpaired) electrons. The highest BCUT2D eigenvalue weighted by Crippen LogP contribution is 2.25. The number of hydrogen-bond acceptors (Lipinski definition) is 4. The van der Waals surface area contributed by atoms with Crippen molar-refractivity contribution in [3.63, 3.8) is 0 Å². The molecule has 5 heteroatoms. The Balaban J connectivity index is 2.34. The smallest absolute Gasteiger partial charge is 0.328 e. The van der Waals surface area contributed by atoms with Gasteiger partial charge in [-0.15, -0.1) is 0 Å². The highest BCUT2D eigenvalue weighted by atomic mass is 16.5. The quantitative estimate of drug-likeness (QED) is 0.779. The van der Waals surface area contributed by atoms with Crippen LogP contribution in [0.5, 0.6) is 0 Å². The molecule has 134 valence electrons. The van der Waals surface area contributed by atoms with E-state index < -0.39 is 17.9 Å². The van der Waals surface area contributed by atoms with Gasteiger partial charge in [0.25, 0.3) is 0 Å². The highest BCUT2D eigenvalue weighted by molar-refractivity contribution is 5.91. The van der Waals surface area contributed by atoms with Crippen LogP contribution in [0, 0.1) is 17.2 Å². The lowest BCUT2D eigenvalue weighted by Gasteiger charge is -2.25. The molecule has 26 heavy (non-hydrogen) atoms. The fourth-order valence-corrected chi connectivity index (χ4v) is 2.85. The number of carbonyl (C=O) groups is 2. The van der Waals surface area contributed by atoms with E-state index >= 15 is 0 Å². The Morgan fingerprint density at radius 2 is 1.54 bits per heavy atom. The zero-order chi connectivity index (χ0) is 18.9. The van der Waals surface area contributed by atoms with Crippen LogP contribution in [0.4, 0.5) is 0 Å². The van der Waals surface area contributed by atoms with Crippen molar-refractivity contribution in [1.29, 1.82) is 5.26 Å². The van der Waals surface area contributed by atoms with E-state index in [1.54, 1.807) is 6.92 Å². The maximum absolute atomic E-state index is 13.1. The van der Waals surface area contributed by atoms with Gasteiger partial charge in [-0.3, -0.25) is 4.79 Å². The molecule has 0 bridgehead atoms. The standard InChI is InChI=1S/C21H22N2O3/c1-15(13-14-22)19(21(25)26-2)23-20(24)18(16-9-5-3-6-10-16)17-11-7-4-8-12-17/h3-12,15,18-19H,13H2,1-2H3,(H,23,24)/t15-,19+/m1/s1. The first-order chi connectivity index (χ1) is 12.6. The Bertz CT molecular complexity index is 729. The predicted octanol–water partition coefficient (Wildman–Crippen LogP) is 3.03. The van der Waals surface area contributed by atoms with Crippen molar-refractivity contribution < 1.29 is 14.3 Å². The number of rotatable bonds is 7. The summed E-state index contributed by atoms with van der Waals surface area (Å²) >= 11 is 0. The lowest BCUT2D eigenvalue weighted by molar-refractivity contribution is -0.146. The van der Waals surface area contributed by atoms with Gasteiger partial charge in [-0.25, -0.2) is 4.79 Å². The van der Waals surface area contributed by atoms with Crippen LogP contribution < -0.4 is 5.32 Å². The van der Waals surface area contributed by atoms with Crippen LogP contribution in [0.25, 0.3) is 0 Å². The second-order valence-electron chi connectivity index (χ2n) is 6.10. The third-order valence-corrected chi connectivity index (χ3v) is 4.26. The van der Waals surface area contributed by atoms with Gasteiger partial charge in [-0.05, 0) is 11.1 Å². The summed E-state index contributed by atoms with van der Waals surface area (Å²) in [5.41, 5.74) is 1.65. The van der Waals surface area contributed by atoms with Gasteiger partial charge in [-0.2, -0.15) is 5.26 Å². The van der Waals surface area contributed by atoms with Gasteiger partial charge in [0.2, 0.25) is 5.91 Å². The normalized spacial score (nSPS) is 12.7. The van der Waals surface area contributed by atoms with Crippen molar-refractivity contribution >= 4 is 11.9 Å². The van der Waals surface area contributed by atoms with Crippen molar-refractivity contribution in [2.75, 3.05) is 7.11 Å². The molecule has 0 spiro atoms. The van der Waals surface area contributed by atoms with Gasteiger partial charge in [0.05, 0.1) is 19.1 Å². The Kier molecular flexibility index (Phi) is 6.92. The number of nitrogens with zero attached hydrogens (tertiary/aromatic N) is 1. The molecule has 0 aliphatic rings.